The summed E-state index contributed by atoms with van der Waals surface area (Å²) in [6.45, 7) is 7.45. The van der Waals surface area contributed by atoms with Crippen molar-refractivity contribution in [1.82, 2.24) is 4.90 Å². The van der Waals surface area contributed by atoms with Crippen LogP contribution >= 0.6 is 0 Å². The first-order valence-corrected chi connectivity index (χ1v) is 7.77. The molecule has 0 spiro atoms. The second-order valence-corrected chi connectivity index (χ2v) is 5.49. The molecule has 1 amide bonds. The van der Waals surface area contributed by atoms with Gasteiger partial charge in [0, 0.05) is 6.42 Å². The van der Waals surface area contributed by atoms with E-state index < -0.39 is 24.1 Å². The van der Waals surface area contributed by atoms with Gasteiger partial charge in [-0.1, -0.05) is 42.5 Å². The lowest BCUT2D eigenvalue weighted by molar-refractivity contribution is -0.137. The number of carbonyl (C=O) groups is 2. The van der Waals surface area contributed by atoms with E-state index in [0.29, 0.717) is 0 Å². The van der Waals surface area contributed by atoms with Gasteiger partial charge in [-0.25, -0.2) is 9.59 Å². The van der Waals surface area contributed by atoms with Crippen LogP contribution in [0.1, 0.15) is 12.0 Å². The van der Waals surface area contributed by atoms with Crippen LogP contribution < -0.4 is 0 Å². The van der Waals surface area contributed by atoms with E-state index in [4.69, 9.17) is 9.47 Å². The number of hydrogen-bond donors (Lipinski definition) is 1. The summed E-state index contributed by atoms with van der Waals surface area (Å²) in [6, 6.07) is 7.84. The molecule has 2 atom stereocenters. The monoisotopic (exact) mass is 343 g/mol. The van der Waals surface area contributed by atoms with Crippen molar-refractivity contribution in [2.24, 2.45) is 0 Å². The summed E-state index contributed by atoms with van der Waals surface area (Å²) in [5, 5.41) is 10.2. The van der Waals surface area contributed by atoms with Crippen LogP contribution in [0.25, 0.3) is 0 Å². The maximum absolute atomic E-state index is 12.6. The maximum Gasteiger partial charge on any atom is 0.411 e. The molecule has 1 aromatic carbocycles. The molecule has 6 nitrogen and oxygen atoms in total. The third kappa shape index (κ3) is 3.91. The SMILES string of the molecule is C=C[C@@H]1C(C(=O)OC)=C(O)C[C@H](C=C)N1C(=O)OCc1ccccc1. The Hall–Kier alpha value is -3.02. The van der Waals surface area contributed by atoms with E-state index in [1.165, 1.54) is 24.2 Å². The van der Waals surface area contributed by atoms with Crippen molar-refractivity contribution in [3.63, 3.8) is 0 Å². The van der Waals surface area contributed by atoms with Crippen LogP contribution in [0.4, 0.5) is 4.79 Å². The van der Waals surface area contributed by atoms with Crippen LogP contribution in [-0.2, 0) is 20.9 Å². The Morgan fingerprint density at radius 2 is 1.96 bits per heavy atom. The van der Waals surface area contributed by atoms with Crippen molar-refractivity contribution < 1.29 is 24.2 Å². The summed E-state index contributed by atoms with van der Waals surface area (Å²) < 4.78 is 10.1. The molecule has 1 aliphatic heterocycles. The number of nitrogens with zero attached hydrogens (tertiary/aromatic N) is 1. The number of rotatable bonds is 5. The molecule has 0 aromatic heterocycles. The van der Waals surface area contributed by atoms with E-state index >= 15 is 0 Å². The second-order valence-electron chi connectivity index (χ2n) is 5.49. The van der Waals surface area contributed by atoms with Crippen molar-refractivity contribution in [1.29, 1.82) is 0 Å². The molecular weight excluding hydrogens is 322 g/mol. The molecule has 0 unspecified atom stereocenters. The molecule has 0 radical (unpaired) electrons. The highest BCUT2D eigenvalue weighted by Crippen LogP contribution is 2.30. The summed E-state index contributed by atoms with van der Waals surface area (Å²) in [5.41, 5.74) is 0.817. The predicted molar refractivity (Wildman–Crippen MR) is 92.7 cm³/mol. The highest BCUT2D eigenvalue weighted by Gasteiger charge is 2.40. The number of ether oxygens (including phenoxy) is 2. The largest absolute Gasteiger partial charge is 0.512 e. The maximum atomic E-state index is 12.6. The Labute approximate surface area is 146 Å². The van der Waals surface area contributed by atoms with Crippen LogP contribution in [0.5, 0.6) is 0 Å². The number of esters is 1. The number of carbonyl (C=O) groups excluding carboxylic acids is 2. The van der Waals surface area contributed by atoms with Gasteiger partial charge in [-0.15, -0.1) is 13.2 Å². The Bertz CT molecular complexity index is 695. The van der Waals surface area contributed by atoms with Crippen LogP contribution in [0.2, 0.25) is 0 Å². The third-order valence-corrected chi connectivity index (χ3v) is 3.98. The van der Waals surface area contributed by atoms with Crippen LogP contribution in [0, 0.1) is 0 Å². The number of hydrogen-bond acceptors (Lipinski definition) is 5. The minimum atomic E-state index is -0.868. The number of aliphatic hydroxyl groups excluding tert-OH is 1. The van der Waals surface area contributed by atoms with Gasteiger partial charge in [0.05, 0.1) is 19.2 Å². The molecule has 1 N–H and O–H groups in total. The third-order valence-electron chi connectivity index (χ3n) is 3.98. The van der Waals surface area contributed by atoms with Crippen molar-refractivity contribution in [3.05, 3.63) is 72.5 Å². The Balaban J connectivity index is 2.26. The summed E-state index contributed by atoms with van der Waals surface area (Å²) >= 11 is 0. The van der Waals surface area contributed by atoms with Gasteiger partial charge in [0.15, 0.2) is 0 Å². The highest BCUT2D eigenvalue weighted by molar-refractivity contribution is 5.92. The lowest BCUT2D eigenvalue weighted by Gasteiger charge is -2.38. The summed E-state index contributed by atoms with van der Waals surface area (Å²) in [4.78, 5) is 25.9. The zero-order chi connectivity index (χ0) is 18.4. The molecule has 2 rings (SSSR count). The topological polar surface area (TPSA) is 76.1 Å². The van der Waals surface area contributed by atoms with Gasteiger partial charge >= 0.3 is 12.1 Å². The van der Waals surface area contributed by atoms with Crippen molar-refractivity contribution in [3.8, 4) is 0 Å². The number of amides is 1. The minimum Gasteiger partial charge on any atom is -0.512 e. The first-order chi connectivity index (χ1) is 12.0. The zero-order valence-electron chi connectivity index (χ0n) is 14.1. The van der Waals surface area contributed by atoms with Gasteiger partial charge in [0.25, 0.3) is 0 Å². The Kier molecular flexibility index (Phi) is 6.00. The molecular formula is C19H21NO5. The number of benzene rings is 1. The van der Waals surface area contributed by atoms with E-state index in [1.807, 2.05) is 30.3 Å². The molecule has 1 aromatic rings. The normalized spacial score (nSPS) is 20.0. The van der Waals surface area contributed by atoms with Gasteiger partial charge in [-0.05, 0) is 5.56 Å². The number of methoxy groups -OCH3 is 1. The van der Waals surface area contributed by atoms with E-state index in [9.17, 15) is 14.7 Å². The van der Waals surface area contributed by atoms with Crippen LogP contribution in [0.15, 0.2) is 67.0 Å². The predicted octanol–water partition coefficient (Wildman–Crippen LogP) is 3.12. The van der Waals surface area contributed by atoms with Gasteiger partial charge in [-0.2, -0.15) is 0 Å². The fourth-order valence-corrected chi connectivity index (χ4v) is 2.74. The molecule has 25 heavy (non-hydrogen) atoms. The summed E-state index contributed by atoms with van der Waals surface area (Å²) in [7, 11) is 1.21. The van der Waals surface area contributed by atoms with Crippen molar-refractivity contribution in [2.75, 3.05) is 7.11 Å². The van der Waals surface area contributed by atoms with Gasteiger partial charge < -0.3 is 14.6 Å². The first-order valence-electron chi connectivity index (χ1n) is 7.77. The van der Waals surface area contributed by atoms with Gasteiger partial charge in [0.1, 0.15) is 17.9 Å². The van der Waals surface area contributed by atoms with Crippen LogP contribution in [-0.4, -0.2) is 41.3 Å². The lowest BCUT2D eigenvalue weighted by Crippen LogP contribution is -2.51. The molecule has 0 bridgehead atoms. The van der Waals surface area contributed by atoms with Crippen molar-refractivity contribution in [2.45, 2.75) is 25.1 Å². The smallest absolute Gasteiger partial charge is 0.411 e. The van der Waals surface area contributed by atoms with Crippen LogP contribution in [0.3, 0.4) is 0 Å². The number of aliphatic hydroxyl groups is 1. The molecule has 132 valence electrons. The molecule has 0 saturated heterocycles. The van der Waals surface area contributed by atoms with Crippen molar-refractivity contribution >= 4 is 12.1 Å². The lowest BCUT2D eigenvalue weighted by atomic mass is 9.93. The molecule has 1 heterocycles. The van der Waals surface area contributed by atoms with Gasteiger partial charge in [0.2, 0.25) is 0 Å². The molecule has 0 fully saturated rings. The average molecular weight is 343 g/mol. The fourth-order valence-electron chi connectivity index (χ4n) is 2.74. The van der Waals surface area contributed by atoms with E-state index in [0.717, 1.165) is 5.56 Å². The van der Waals surface area contributed by atoms with E-state index in [1.54, 1.807) is 0 Å². The summed E-state index contributed by atoms with van der Waals surface area (Å²) in [6.07, 6.45) is 2.33. The highest BCUT2D eigenvalue weighted by atomic mass is 16.6. The molecule has 6 heteroatoms. The second kappa shape index (κ2) is 8.19. The average Bonchev–Trinajstić information content (AvgIpc) is 2.65. The fraction of sp³-hybridized carbons (Fsp3) is 0.263. The van der Waals surface area contributed by atoms with E-state index in [-0.39, 0.29) is 24.4 Å². The molecule has 0 saturated carbocycles. The van der Waals surface area contributed by atoms with Gasteiger partial charge in [-0.3, -0.25) is 4.90 Å². The van der Waals surface area contributed by atoms with E-state index in [2.05, 4.69) is 13.2 Å². The Morgan fingerprint density at radius 1 is 1.28 bits per heavy atom. The quantitative estimate of drug-likeness (QED) is 0.657. The zero-order valence-corrected chi connectivity index (χ0v) is 14.1. The first kappa shape index (κ1) is 18.3. The Morgan fingerprint density at radius 3 is 2.52 bits per heavy atom. The molecule has 1 aliphatic rings. The molecule has 0 aliphatic carbocycles. The minimum absolute atomic E-state index is 0.0211. The standard InChI is InChI=1S/C19H21NO5/c1-4-14-11-16(21)17(18(22)24-3)15(5-2)20(14)19(23)25-12-13-9-7-6-8-10-13/h4-10,14-15,21H,1-2,11-12H2,3H3/t14-,15+/m0/s1. The summed E-state index contributed by atoms with van der Waals surface area (Å²) in [5.74, 6) is -0.862.